The van der Waals surface area contributed by atoms with Gasteiger partial charge in [0.15, 0.2) is 0 Å². The van der Waals surface area contributed by atoms with E-state index in [0.29, 0.717) is 22.9 Å². The van der Waals surface area contributed by atoms with Crippen molar-refractivity contribution in [2.24, 2.45) is 11.1 Å². The predicted octanol–water partition coefficient (Wildman–Crippen LogP) is 3.66. The predicted molar refractivity (Wildman–Crippen MR) is 78.2 cm³/mol. The van der Waals surface area contributed by atoms with Crippen LogP contribution in [0.5, 0.6) is 0 Å². The van der Waals surface area contributed by atoms with E-state index in [4.69, 9.17) is 28.9 Å². The SMILES string of the molecule is CC(N)CC(O)C(C)(C)Cc1cc(Cl)cc(Cl)c1. The van der Waals surface area contributed by atoms with Crippen LogP contribution in [0.1, 0.15) is 32.8 Å². The molecule has 0 aromatic heterocycles. The zero-order chi connectivity index (χ0) is 13.9. The van der Waals surface area contributed by atoms with Gasteiger partial charge in [0.2, 0.25) is 0 Å². The summed E-state index contributed by atoms with van der Waals surface area (Å²) < 4.78 is 0. The molecule has 18 heavy (non-hydrogen) atoms. The van der Waals surface area contributed by atoms with Crippen LogP contribution >= 0.6 is 23.2 Å². The molecule has 102 valence electrons. The van der Waals surface area contributed by atoms with E-state index >= 15 is 0 Å². The fourth-order valence-corrected chi connectivity index (χ4v) is 2.60. The zero-order valence-corrected chi connectivity index (χ0v) is 12.6. The Labute approximate surface area is 119 Å². The number of rotatable bonds is 5. The van der Waals surface area contributed by atoms with Crippen LogP contribution in [0.25, 0.3) is 0 Å². The van der Waals surface area contributed by atoms with E-state index in [9.17, 15) is 5.11 Å². The first kappa shape index (κ1) is 15.8. The van der Waals surface area contributed by atoms with E-state index in [0.717, 1.165) is 5.56 Å². The molecule has 0 fully saturated rings. The first-order valence-corrected chi connectivity index (χ1v) is 6.85. The molecule has 0 aliphatic carbocycles. The highest BCUT2D eigenvalue weighted by atomic mass is 35.5. The second kappa shape index (κ2) is 6.25. The summed E-state index contributed by atoms with van der Waals surface area (Å²) in [4.78, 5) is 0. The normalized spacial score (nSPS) is 15.5. The van der Waals surface area contributed by atoms with Gasteiger partial charge in [-0.05, 0) is 48.9 Å². The molecule has 3 N–H and O–H groups in total. The van der Waals surface area contributed by atoms with Crippen LogP contribution < -0.4 is 5.73 Å². The van der Waals surface area contributed by atoms with Gasteiger partial charge in [-0.3, -0.25) is 0 Å². The van der Waals surface area contributed by atoms with E-state index in [1.165, 1.54) is 0 Å². The summed E-state index contributed by atoms with van der Waals surface area (Å²) >= 11 is 12.0. The Morgan fingerprint density at radius 1 is 1.22 bits per heavy atom. The molecule has 2 nitrogen and oxygen atoms in total. The van der Waals surface area contributed by atoms with Gasteiger partial charge in [0.25, 0.3) is 0 Å². The maximum absolute atomic E-state index is 10.2. The standard InChI is InChI=1S/C14H21Cl2NO/c1-9(17)4-13(18)14(2,3)8-10-5-11(15)7-12(16)6-10/h5-7,9,13,18H,4,8,17H2,1-3H3. The summed E-state index contributed by atoms with van der Waals surface area (Å²) in [7, 11) is 0. The van der Waals surface area contributed by atoms with Crippen LogP contribution in [-0.4, -0.2) is 17.3 Å². The van der Waals surface area contributed by atoms with Crippen molar-refractivity contribution in [3.05, 3.63) is 33.8 Å². The number of hydrogen-bond donors (Lipinski definition) is 2. The van der Waals surface area contributed by atoms with Gasteiger partial charge < -0.3 is 10.8 Å². The van der Waals surface area contributed by atoms with Crippen LogP contribution in [-0.2, 0) is 6.42 Å². The second-order valence-corrected chi connectivity index (χ2v) is 6.54. The van der Waals surface area contributed by atoms with Crippen molar-refractivity contribution in [2.45, 2.75) is 45.8 Å². The molecular formula is C14H21Cl2NO. The third-order valence-corrected chi connectivity index (χ3v) is 3.52. The summed E-state index contributed by atoms with van der Waals surface area (Å²) in [6, 6.07) is 5.46. The zero-order valence-electron chi connectivity index (χ0n) is 11.1. The van der Waals surface area contributed by atoms with E-state index in [2.05, 4.69) is 0 Å². The maximum atomic E-state index is 10.2. The summed E-state index contributed by atoms with van der Waals surface area (Å²) in [5.41, 5.74) is 6.50. The molecule has 0 bridgehead atoms. The smallest absolute Gasteiger partial charge is 0.0608 e. The number of hydrogen-bond acceptors (Lipinski definition) is 2. The molecule has 0 saturated heterocycles. The summed E-state index contributed by atoms with van der Waals surface area (Å²) in [6.07, 6.45) is 0.845. The monoisotopic (exact) mass is 289 g/mol. The summed E-state index contributed by atoms with van der Waals surface area (Å²) in [6.45, 7) is 5.94. The van der Waals surface area contributed by atoms with Crippen molar-refractivity contribution >= 4 is 23.2 Å². The number of benzene rings is 1. The number of nitrogens with two attached hydrogens (primary N) is 1. The van der Waals surface area contributed by atoms with Gasteiger partial charge in [-0.2, -0.15) is 0 Å². The van der Waals surface area contributed by atoms with Crippen molar-refractivity contribution in [2.75, 3.05) is 0 Å². The number of aliphatic hydroxyl groups excluding tert-OH is 1. The minimum atomic E-state index is -0.449. The Morgan fingerprint density at radius 3 is 2.17 bits per heavy atom. The average molecular weight is 290 g/mol. The van der Waals surface area contributed by atoms with Gasteiger partial charge in [0, 0.05) is 16.1 Å². The van der Waals surface area contributed by atoms with Gasteiger partial charge >= 0.3 is 0 Å². The Kier molecular flexibility index (Phi) is 5.47. The molecule has 0 amide bonds. The van der Waals surface area contributed by atoms with Crippen molar-refractivity contribution in [1.29, 1.82) is 0 Å². The molecule has 1 aromatic carbocycles. The quantitative estimate of drug-likeness (QED) is 0.869. The average Bonchev–Trinajstić information content (AvgIpc) is 2.13. The molecule has 0 radical (unpaired) electrons. The molecule has 2 atom stereocenters. The molecule has 0 aliphatic rings. The topological polar surface area (TPSA) is 46.2 Å². The van der Waals surface area contributed by atoms with Crippen LogP contribution in [0.3, 0.4) is 0 Å². The lowest BCUT2D eigenvalue weighted by Crippen LogP contribution is -2.36. The summed E-state index contributed by atoms with van der Waals surface area (Å²) in [5.74, 6) is 0. The lowest BCUT2D eigenvalue weighted by Gasteiger charge is -2.32. The molecule has 0 heterocycles. The van der Waals surface area contributed by atoms with Crippen molar-refractivity contribution in [3.8, 4) is 0 Å². The van der Waals surface area contributed by atoms with E-state index < -0.39 is 6.10 Å². The highest BCUT2D eigenvalue weighted by Crippen LogP contribution is 2.30. The first-order valence-electron chi connectivity index (χ1n) is 6.09. The van der Waals surface area contributed by atoms with Crippen molar-refractivity contribution < 1.29 is 5.11 Å². The lowest BCUT2D eigenvalue weighted by molar-refractivity contribution is 0.0391. The van der Waals surface area contributed by atoms with Crippen LogP contribution in [0.4, 0.5) is 0 Å². The van der Waals surface area contributed by atoms with Gasteiger partial charge in [0.1, 0.15) is 0 Å². The Hall–Kier alpha value is -0.280. The fourth-order valence-electron chi connectivity index (χ4n) is 2.03. The van der Waals surface area contributed by atoms with Gasteiger partial charge in [-0.15, -0.1) is 0 Å². The van der Waals surface area contributed by atoms with Gasteiger partial charge in [0.05, 0.1) is 6.10 Å². The largest absolute Gasteiger partial charge is 0.392 e. The maximum Gasteiger partial charge on any atom is 0.0608 e. The van der Waals surface area contributed by atoms with Crippen molar-refractivity contribution in [3.63, 3.8) is 0 Å². The molecule has 4 heteroatoms. The van der Waals surface area contributed by atoms with E-state index in [-0.39, 0.29) is 11.5 Å². The molecule has 1 aromatic rings. The Balaban J connectivity index is 2.80. The highest BCUT2D eigenvalue weighted by molar-refractivity contribution is 6.34. The van der Waals surface area contributed by atoms with E-state index in [1.807, 2.05) is 32.9 Å². The molecule has 0 spiro atoms. The Bertz CT molecular complexity index is 385. The Morgan fingerprint density at radius 2 is 1.72 bits per heavy atom. The number of aliphatic hydroxyl groups is 1. The van der Waals surface area contributed by atoms with Crippen LogP contribution in [0.15, 0.2) is 18.2 Å². The first-order chi connectivity index (χ1) is 8.20. The van der Waals surface area contributed by atoms with Crippen LogP contribution in [0.2, 0.25) is 10.0 Å². The van der Waals surface area contributed by atoms with Gasteiger partial charge in [-0.1, -0.05) is 37.0 Å². The molecule has 0 aliphatic heterocycles. The van der Waals surface area contributed by atoms with Gasteiger partial charge in [-0.25, -0.2) is 0 Å². The summed E-state index contributed by atoms with van der Waals surface area (Å²) in [5, 5.41) is 11.4. The number of halogens is 2. The lowest BCUT2D eigenvalue weighted by atomic mass is 9.78. The van der Waals surface area contributed by atoms with Crippen LogP contribution in [0, 0.1) is 5.41 Å². The molecule has 0 saturated carbocycles. The third kappa shape index (κ3) is 4.77. The van der Waals surface area contributed by atoms with E-state index in [1.54, 1.807) is 6.07 Å². The minimum Gasteiger partial charge on any atom is -0.392 e. The minimum absolute atomic E-state index is 0.0118. The fraction of sp³-hybridized carbons (Fsp3) is 0.571. The highest BCUT2D eigenvalue weighted by Gasteiger charge is 2.28. The molecule has 1 rings (SSSR count). The second-order valence-electron chi connectivity index (χ2n) is 5.67. The molecular weight excluding hydrogens is 269 g/mol. The molecule has 2 unspecified atom stereocenters. The van der Waals surface area contributed by atoms with Crippen molar-refractivity contribution in [1.82, 2.24) is 0 Å². The third-order valence-electron chi connectivity index (χ3n) is 3.08.